The third-order valence-corrected chi connectivity index (χ3v) is 8.32. The number of hydrogen-bond acceptors (Lipinski definition) is 9. The van der Waals surface area contributed by atoms with E-state index in [2.05, 4.69) is 30.9 Å². The maximum Gasteiger partial charge on any atom is 0.233 e. The van der Waals surface area contributed by atoms with Gasteiger partial charge in [-0.15, -0.1) is 0 Å². The van der Waals surface area contributed by atoms with Crippen LogP contribution in [-0.4, -0.2) is 52.1 Å². The van der Waals surface area contributed by atoms with E-state index in [-0.39, 0.29) is 23.3 Å². The van der Waals surface area contributed by atoms with Crippen LogP contribution in [0.1, 0.15) is 64.2 Å². The Hall–Kier alpha value is -2.69. The van der Waals surface area contributed by atoms with Crippen molar-refractivity contribution in [3.05, 3.63) is 24.0 Å². The van der Waals surface area contributed by atoms with Gasteiger partial charge < -0.3 is 21.1 Å². The molecule has 0 bridgehead atoms. The zero-order valence-corrected chi connectivity index (χ0v) is 20.2. The van der Waals surface area contributed by atoms with Crippen molar-refractivity contribution in [1.82, 2.24) is 15.0 Å². The molecule has 2 fully saturated rings. The third-order valence-electron chi connectivity index (χ3n) is 6.64. The highest BCUT2D eigenvalue weighted by atomic mass is 32.2. The average Bonchev–Trinajstić information content (AvgIpc) is 3.05. The maximum absolute atomic E-state index is 13.8. The number of phenols is 1. The number of aromatic nitrogens is 3. The van der Waals surface area contributed by atoms with Crippen LogP contribution in [0.5, 0.6) is 5.75 Å². The molecular formula is C23H33FN6O3S. The summed E-state index contributed by atoms with van der Waals surface area (Å²) in [5.74, 6) is -0.0870. The van der Waals surface area contributed by atoms with Gasteiger partial charge >= 0.3 is 0 Å². The predicted molar refractivity (Wildman–Crippen MR) is 131 cm³/mol. The molecule has 4 N–H and O–H groups in total. The van der Waals surface area contributed by atoms with Gasteiger partial charge in [0, 0.05) is 30.1 Å². The minimum absolute atomic E-state index is 0.0603. The summed E-state index contributed by atoms with van der Waals surface area (Å²) in [5, 5.41) is 18.9. The fourth-order valence-electron chi connectivity index (χ4n) is 4.70. The highest BCUT2D eigenvalue weighted by Gasteiger charge is 2.28. The number of nitrogens with zero attached hydrogens (tertiary/aromatic N) is 3. The maximum atomic E-state index is 13.8. The van der Waals surface area contributed by atoms with Gasteiger partial charge in [-0.3, -0.25) is 0 Å². The molecule has 0 amide bonds. The summed E-state index contributed by atoms with van der Waals surface area (Å²) in [5.41, 5.74) is 0.404. The lowest BCUT2D eigenvalue weighted by atomic mass is 9.95. The minimum Gasteiger partial charge on any atom is -0.505 e. The van der Waals surface area contributed by atoms with Crippen molar-refractivity contribution < 1.29 is 17.9 Å². The lowest BCUT2D eigenvalue weighted by Crippen LogP contribution is -2.33. The molecule has 2 aliphatic carbocycles. The molecule has 11 heteroatoms. The van der Waals surface area contributed by atoms with Crippen LogP contribution in [0.25, 0.3) is 0 Å². The topological polar surface area (TPSA) is 129 Å². The van der Waals surface area contributed by atoms with Crippen LogP contribution in [-0.2, 0) is 9.84 Å². The van der Waals surface area contributed by atoms with Crippen LogP contribution in [0.2, 0.25) is 0 Å². The first-order valence-electron chi connectivity index (χ1n) is 12.0. The lowest BCUT2D eigenvalue weighted by Gasteiger charge is -2.28. The number of sulfone groups is 1. The molecular weight excluding hydrogens is 459 g/mol. The molecule has 186 valence electrons. The number of phenolic OH excluding ortho intramolecular Hbond substituents is 1. The summed E-state index contributed by atoms with van der Waals surface area (Å²) in [6, 6.07) is 4.33. The summed E-state index contributed by atoms with van der Waals surface area (Å²) in [6.07, 6.45) is 10.8. The Bertz CT molecular complexity index is 1080. The van der Waals surface area contributed by atoms with E-state index < -0.39 is 21.4 Å². The van der Waals surface area contributed by atoms with Gasteiger partial charge in [0.2, 0.25) is 17.8 Å². The molecule has 0 atom stereocenters. The number of aromatic hydroxyl groups is 1. The van der Waals surface area contributed by atoms with Gasteiger partial charge in [-0.1, -0.05) is 25.7 Å². The van der Waals surface area contributed by atoms with Gasteiger partial charge in [0.05, 0.1) is 5.25 Å². The van der Waals surface area contributed by atoms with Crippen LogP contribution < -0.4 is 16.0 Å². The number of halogens is 1. The molecule has 1 aromatic heterocycles. The third kappa shape index (κ3) is 6.68. The highest BCUT2D eigenvalue weighted by Crippen LogP contribution is 2.27. The molecule has 1 heterocycles. The van der Waals surface area contributed by atoms with Gasteiger partial charge in [-0.25, -0.2) is 12.8 Å². The number of anilines is 4. The molecule has 0 spiro atoms. The summed E-state index contributed by atoms with van der Waals surface area (Å²) in [6.45, 7) is 0. The lowest BCUT2D eigenvalue weighted by molar-refractivity contribution is 0.432. The molecule has 0 unspecified atom stereocenters. The second-order valence-electron chi connectivity index (χ2n) is 9.38. The van der Waals surface area contributed by atoms with E-state index in [4.69, 9.17) is 0 Å². The predicted octanol–water partition coefficient (Wildman–Crippen LogP) is 4.36. The first-order chi connectivity index (χ1) is 16.3. The molecule has 9 nitrogen and oxygen atoms in total. The van der Waals surface area contributed by atoms with Crippen LogP contribution in [0.3, 0.4) is 0 Å². The summed E-state index contributed by atoms with van der Waals surface area (Å²) < 4.78 is 37.5. The SMILES string of the molecule is CS(=O)(=O)C1CCC(Nc2nc(Nc3ccc(O)c(F)c3)nc(NC3CCCCCC3)n2)CC1. The van der Waals surface area contributed by atoms with Crippen molar-refractivity contribution in [2.24, 2.45) is 0 Å². The normalized spacial score (nSPS) is 22.1. The van der Waals surface area contributed by atoms with Crippen LogP contribution in [0, 0.1) is 5.82 Å². The minimum atomic E-state index is -3.03. The second kappa shape index (κ2) is 10.7. The molecule has 2 aliphatic rings. The Morgan fingerprint density at radius 1 is 0.853 bits per heavy atom. The van der Waals surface area contributed by atoms with Gasteiger partial charge in [0.25, 0.3) is 0 Å². The monoisotopic (exact) mass is 492 g/mol. The second-order valence-corrected chi connectivity index (χ2v) is 11.7. The molecule has 34 heavy (non-hydrogen) atoms. The standard InChI is InChI=1S/C23H33FN6O3S/c1-34(32,33)18-11-8-16(9-12-18)26-22-28-21(25-15-6-4-2-3-5-7-15)29-23(30-22)27-17-10-13-20(31)19(24)14-17/h10,13-16,18,31H,2-9,11-12H2,1H3,(H3,25,26,27,28,29,30). The van der Waals surface area contributed by atoms with Crippen LogP contribution >= 0.6 is 0 Å². The Balaban J connectivity index is 1.51. The van der Waals surface area contributed by atoms with Crippen molar-refractivity contribution in [1.29, 1.82) is 0 Å². The van der Waals surface area contributed by atoms with Crippen molar-refractivity contribution in [2.45, 2.75) is 81.5 Å². The number of benzene rings is 1. The molecule has 0 aliphatic heterocycles. The van der Waals surface area contributed by atoms with Gasteiger partial charge in [0.1, 0.15) is 9.84 Å². The van der Waals surface area contributed by atoms with Crippen molar-refractivity contribution in [2.75, 3.05) is 22.2 Å². The van der Waals surface area contributed by atoms with E-state index in [1.54, 1.807) is 6.07 Å². The molecule has 0 radical (unpaired) electrons. The molecule has 2 saturated carbocycles. The number of rotatable bonds is 7. The summed E-state index contributed by atoms with van der Waals surface area (Å²) in [4.78, 5) is 13.5. The Labute approximate surface area is 199 Å². The Morgan fingerprint density at radius 2 is 1.41 bits per heavy atom. The van der Waals surface area contributed by atoms with E-state index in [1.165, 1.54) is 31.2 Å². The van der Waals surface area contributed by atoms with E-state index in [1.807, 2.05) is 0 Å². The number of hydrogen-bond donors (Lipinski definition) is 4. The van der Waals surface area contributed by atoms with Crippen LogP contribution in [0.4, 0.5) is 27.9 Å². The first-order valence-corrected chi connectivity index (χ1v) is 14.0. The van der Waals surface area contributed by atoms with Crippen molar-refractivity contribution in [3.63, 3.8) is 0 Å². The molecule has 2 aromatic rings. The zero-order chi connectivity index (χ0) is 24.1. The van der Waals surface area contributed by atoms with Gasteiger partial charge in [-0.05, 0) is 50.7 Å². The van der Waals surface area contributed by atoms with E-state index in [9.17, 15) is 17.9 Å². The highest BCUT2D eigenvalue weighted by molar-refractivity contribution is 7.91. The van der Waals surface area contributed by atoms with E-state index >= 15 is 0 Å². The fraction of sp³-hybridized carbons (Fsp3) is 0.609. The zero-order valence-electron chi connectivity index (χ0n) is 19.4. The fourth-order valence-corrected chi connectivity index (χ4v) is 5.83. The van der Waals surface area contributed by atoms with E-state index in [0.717, 1.165) is 25.7 Å². The first kappa shape index (κ1) is 24.4. The quantitative estimate of drug-likeness (QED) is 0.329. The van der Waals surface area contributed by atoms with E-state index in [0.29, 0.717) is 43.3 Å². The van der Waals surface area contributed by atoms with Crippen LogP contribution in [0.15, 0.2) is 18.2 Å². The van der Waals surface area contributed by atoms with Crippen molar-refractivity contribution >= 4 is 33.4 Å². The van der Waals surface area contributed by atoms with Gasteiger partial charge in [-0.2, -0.15) is 15.0 Å². The molecule has 1 aromatic carbocycles. The number of nitrogens with one attached hydrogen (secondary N) is 3. The molecule has 0 saturated heterocycles. The largest absolute Gasteiger partial charge is 0.505 e. The van der Waals surface area contributed by atoms with Crippen molar-refractivity contribution in [3.8, 4) is 5.75 Å². The summed E-state index contributed by atoms with van der Waals surface area (Å²) in [7, 11) is -3.03. The van der Waals surface area contributed by atoms with Gasteiger partial charge in [0.15, 0.2) is 11.6 Å². The smallest absolute Gasteiger partial charge is 0.233 e. The molecule has 4 rings (SSSR count). The Morgan fingerprint density at radius 3 is 1.97 bits per heavy atom. The summed E-state index contributed by atoms with van der Waals surface area (Å²) >= 11 is 0. The Kier molecular flexibility index (Phi) is 7.70. The average molecular weight is 493 g/mol.